The highest BCUT2D eigenvalue weighted by Crippen LogP contribution is 2.25. The number of ether oxygens (including phenoxy) is 2. The Balaban J connectivity index is 3.50. The van der Waals surface area contributed by atoms with Gasteiger partial charge in [0.05, 0.1) is 30.9 Å². The molecule has 5 heteroatoms. The summed E-state index contributed by atoms with van der Waals surface area (Å²) in [6.07, 6.45) is 0. The van der Waals surface area contributed by atoms with Crippen molar-refractivity contribution in [1.29, 1.82) is 5.26 Å². The van der Waals surface area contributed by atoms with Crippen molar-refractivity contribution < 1.29 is 14.3 Å². The van der Waals surface area contributed by atoms with E-state index in [0.717, 1.165) is 0 Å². The molecule has 0 radical (unpaired) electrons. The minimum absolute atomic E-state index is 0.273. The second-order valence-corrected chi connectivity index (χ2v) is 9.96. The first kappa shape index (κ1) is 15.8. The summed E-state index contributed by atoms with van der Waals surface area (Å²) in [5.41, 5.74) is 4.30. The van der Waals surface area contributed by atoms with Crippen molar-refractivity contribution in [3.63, 3.8) is 0 Å². The number of methoxy groups -OCH3 is 2. The van der Waals surface area contributed by atoms with Gasteiger partial charge >= 0.3 is 5.97 Å². The zero-order chi connectivity index (χ0) is 15.3. The Morgan fingerprint density at radius 2 is 1.80 bits per heavy atom. The first-order valence-corrected chi connectivity index (χ1v) is 9.56. The third-order valence-corrected chi connectivity index (χ3v) is 3.28. The molecule has 0 aliphatic carbocycles. The molecule has 0 atom stereocenters. The molecule has 0 aromatic heterocycles. The van der Waals surface area contributed by atoms with Crippen molar-refractivity contribution >= 4 is 14.0 Å². The van der Waals surface area contributed by atoms with Crippen molar-refractivity contribution in [2.24, 2.45) is 0 Å². The molecule has 104 valence electrons. The van der Waals surface area contributed by atoms with Crippen molar-refractivity contribution in [2.75, 3.05) is 14.2 Å². The number of nitriles is 1. The number of esters is 1. The van der Waals surface area contributed by atoms with Gasteiger partial charge in [0.25, 0.3) is 0 Å². The van der Waals surface area contributed by atoms with Crippen molar-refractivity contribution in [1.82, 2.24) is 0 Å². The van der Waals surface area contributed by atoms with Crippen LogP contribution in [0.3, 0.4) is 0 Å². The monoisotopic (exact) mass is 287 g/mol. The standard InChI is InChI=1S/C15H17NO3Si/c1-18-14-11(6-7-20(3,4)5)8-12(15(17)19-2)9-13(14)10-16/h8-9H,1-5H3. The van der Waals surface area contributed by atoms with E-state index < -0.39 is 14.0 Å². The predicted molar refractivity (Wildman–Crippen MR) is 79.3 cm³/mol. The first-order valence-electron chi connectivity index (χ1n) is 6.06. The second-order valence-electron chi connectivity index (χ2n) is 5.21. The van der Waals surface area contributed by atoms with Crippen LogP contribution in [-0.4, -0.2) is 28.3 Å². The van der Waals surface area contributed by atoms with Crippen molar-refractivity contribution in [3.05, 3.63) is 28.8 Å². The highest BCUT2D eigenvalue weighted by Gasteiger charge is 2.15. The van der Waals surface area contributed by atoms with Crippen LogP contribution in [0.1, 0.15) is 21.5 Å². The van der Waals surface area contributed by atoms with Crippen molar-refractivity contribution in [3.8, 4) is 23.3 Å². The molecule has 0 aliphatic heterocycles. The molecule has 0 fully saturated rings. The topological polar surface area (TPSA) is 59.3 Å². The number of hydrogen-bond acceptors (Lipinski definition) is 4. The molecule has 0 saturated heterocycles. The van der Waals surface area contributed by atoms with Gasteiger partial charge in [0, 0.05) is 0 Å². The SMILES string of the molecule is COC(=O)c1cc(C#N)c(OC)c(C#C[Si](C)(C)C)c1. The van der Waals surface area contributed by atoms with Gasteiger partial charge in [-0.3, -0.25) is 0 Å². The minimum atomic E-state index is -1.57. The van der Waals surface area contributed by atoms with Gasteiger partial charge in [0.1, 0.15) is 14.1 Å². The summed E-state index contributed by atoms with van der Waals surface area (Å²) in [6.45, 7) is 6.34. The van der Waals surface area contributed by atoms with E-state index in [1.807, 2.05) is 6.07 Å². The van der Waals surface area contributed by atoms with E-state index in [4.69, 9.17) is 10.00 Å². The van der Waals surface area contributed by atoms with Gasteiger partial charge in [-0.05, 0) is 12.1 Å². The second kappa shape index (κ2) is 6.27. The summed E-state index contributed by atoms with van der Waals surface area (Å²) >= 11 is 0. The van der Waals surface area contributed by atoms with Crippen LogP contribution >= 0.6 is 0 Å². The molecule has 0 heterocycles. The van der Waals surface area contributed by atoms with Crippen LogP contribution in [0.25, 0.3) is 0 Å². The molecule has 0 saturated carbocycles. The molecule has 0 aliphatic rings. The average Bonchev–Trinajstić information content (AvgIpc) is 2.42. The minimum Gasteiger partial charge on any atom is -0.494 e. The quantitative estimate of drug-likeness (QED) is 0.476. The van der Waals surface area contributed by atoms with Crippen LogP contribution < -0.4 is 4.74 Å². The molecule has 0 unspecified atom stereocenters. The molecular formula is C15H17NO3Si. The molecule has 1 rings (SSSR count). The lowest BCUT2D eigenvalue weighted by Gasteiger charge is -2.09. The van der Waals surface area contributed by atoms with Crippen LogP contribution in [0.2, 0.25) is 19.6 Å². The van der Waals surface area contributed by atoms with Gasteiger partial charge in [-0.1, -0.05) is 25.6 Å². The number of hydrogen-bond donors (Lipinski definition) is 0. The van der Waals surface area contributed by atoms with Gasteiger partial charge in [-0.25, -0.2) is 4.79 Å². The smallest absolute Gasteiger partial charge is 0.337 e. The largest absolute Gasteiger partial charge is 0.494 e. The fourth-order valence-electron chi connectivity index (χ4n) is 1.52. The van der Waals surface area contributed by atoms with Gasteiger partial charge in [0.15, 0.2) is 5.75 Å². The summed E-state index contributed by atoms with van der Waals surface area (Å²) in [7, 11) is 1.21. The maximum absolute atomic E-state index is 11.6. The molecule has 1 aromatic rings. The number of benzene rings is 1. The fourth-order valence-corrected chi connectivity index (χ4v) is 2.02. The molecular weight excluding hydrogens is 270 g/mol. The summed E-state index contributed by atoms with van der Waals surface area (Å²) in [5.74, 6) is 2.92. The Labute approximate surface area is 120 Å². The van der Waals surface area contributed by atoms with Crippen LogP contribution in [0.5, 0.6) is 5.75 Å². The third kappa shape index (κ3) is 3.88. The Kier molecular flexibility index (Phi) is 4.96. The van der Waals surface area contributed by atoms with Crippen LogP contribution in [0, 0.1) is 22.8 Å². The van der Waals surface area contributed by atoms with Crippen LogP contribution in [0.15, 0.2) is 12.1 Å². The molecule has 4 nitrogen and oxygen atoms in total. The number of nitrogens with zero attached hydrogens (tertiary/aromatic N) is 1. The van der Waals surface area contributed by atoms with E-state index in [1.165, 1.54) is 20.3 Å². The maximum atomic E-state index is 11.6. The lowest BCUT2D eigenvalue weighted by atomic mass is 10.0. The highest BCUT2D eigenvalue weighted by molar-refractivity contribution is 6.83. The molecule has 0 spiro atoms. The third-order valence-electron chi connectivity index (χ3n) is 2.41. The summed E-state index contributed by atoms with van der Waals surface area (Å²) < 4.78 is 9.92. The summed E-state index contributed by atoms with van der Waals surface area (Å²) in [6, 6.07) is 5.06. The average molecular weight is 287 g/mol. The Morgan fingerprint density at radius 3 is 2.25 bits per heavy atom. The van der Waals surface area contributed by atoms with Gasteiger partial charge in [0.2, 0.25) is 0 Å². The van der Waals surface area contributed by atoms with E-state index in [1.54, 1.807) is 6.07 Å². The summed E-state index contributed by atoms with van der Waals surface area (Å²) in [4.78, 5) is 11.6. The Morgan fingerprint density at radius 1 is 1.20 bits per heavy atom. The molecule has 0 N–H and O–H groups in total. The number of carbonyl (C=O) groups excluding carboxylic acids is 1. The van der Waals surface area contributed by atoms with Gasteiger partial charge in [-0.2, -0.15) is 5.26 Å². The van der Waals surface area contributed by atoms with Crippen molar-refractivity contribution in [2.45, 2.75) is 19.6 Å². The lowest BCUT2D eigenvalue weighted by molar-refractivity contribution is 0.0600. The van der Waals surface area contributed by atoms with Gasteiger partial charge < -0.3 is 9.47 Å². The highest BCUT2D eigenvalue weighted by atomic mass is 28.3. The lowest BCUT2D eigenvalue weighted by Crippen LogP contribution is -2.16. The normalized spacial score (nSPS) is 10.0. The van der Waals surface area contributed by atoms with Crippen LogP contribution in [0.4, 0.5) is 0 Å². The van der Waals surface area contributed by atoms with E-state index in [2.05, 4.69) is 35.8 Å². The van der Waals surface area contributed by atoms with E-state index in [0.29, 0.717) is 16.9 Å². The van der Waals surface area contributed by atoms with E-state index in [-0.39, 0.29) is 5.56 Å². The Bertz CT molecular complexity index is 627. The predicted octanol–water partition coefficient (Wildman–Crippen LogP) is 2.58. The molecule has 20 heavy (non-hydrogen) atoms. The molecule has 1 aromatic carbocycles. The fraction of sp³-hybridized carbons (Fsp3) is 0.333. The zero-order valence-electron chi connectivity index (χ0n) is 12.3. The first-order chi connectivity index (χ1) is 9.32. The Hall–Kier alpha value is -2.24. The maximum Gasteiger partial charge on any atom is 0.337 e. The van der Waals surface area contributed by atoms with E-state index in [9.17, 15) is 4.79 Å². The number of rotatable bonds is 2. The molecule has 0 bridgehead atoms. The van der Waals surface area contributed by atoms with E-state index >= 15 is 0 Å². The zero-order valence-corrected chi connectivity index (χ0v) is 13.3. The molecule has 0 amide bonds. The summed E-state index contributed by atoms with van der Waals surface area (Å²) in [5, 5.41) is 9.16. The van der Waals surface area contributed by atoms with Gasteiger partial charge in [-0.15, -0.1) is 5.54 Å². The number of carbonyl (C=O) groups is 1. The van der Waals surface area contributed by atoms with Crippen LogP contribution in [-0.2, 0) is 4.74 Å².